The zero-order chi connectivity index (χ0) is 20.6. The number of hydrogen-bond donors (Lipinski definition) is 1. The Bertz CT molecular complexity index is 824. The Morgan fingerprint density at radius 2 is 2.00 bits per heavy atom. The van der Waals surface area contributed by atoms with Gasteiger partial charge in [-0.05, 0) is 31.7 Å². The van der Waals surface area contributed by atoms with Gasteiger partial charge in [0.2, 0.25) is 0 Å². The average Bonchev–Trinajstić information content (AvgIpc) is 2.73. The number of hydrogen-bond acceptors (Lipinski definition) is 7. The Balaban J connectivity index is 1.62. The number of carbonyl (C=O) groups is 1. The van der Waals surface area contributed by atoms with Crippen LogP contribution in [0.1, 0.15) is 21.6 Å². The Labute approximate surface area is 176 Å². The SMILES string of the molecule is COCCNC(=O)c1cccc(CSc2nc(C)cc(N3CCN(C)CC3)n2)c1. The van der Waals surface area contributed by atoms with Gasteiger partial charge in [0, 0.05) is 62.9 Å². The summed E-state index contributed by atoms with van der Waals surface area (Å²) in [4.78, 5) is 26.2. The number of carbonyl (C=O) groups excluding carboxylic acids is 1. The van der Waals surface area contributed by atoms with Crippen molar-refractivity contribution < 1.29 is 9.53 Å². The number of piperazine rings is 1. The maximum absolute atomic E-state index is 12.2. The zero-order valence-corrected chi connectivity index (χ0v) is 18.2. The number of benzene rings is 1. The van der Waals surface area contributed by atoms with Gasteiger partial charge < -0.3 is 19.9 Å². The Kier molecular flexibility index (Phi) is 7.85. The fourth-order valence-electron chi connectivity index (χ4n) is 3.11. The third-order valence-corrected chi connectivity index (χ3v) is 5.71. The summed E-state index contributed by atoms with van der Waals surface area (Å²) in [5.41, 5.74) is 2.70. The van der Waals surface area contributed by atoms with E-state index in [4.69, 9.17) is 9.72 Å². The number of nitrogens with one attached hydrogen (secondary N) is 1. The van der Waals surface area contributed by atoms with Gasteiger partial charge in [0.25, 0.3) is 5.91 Å². The number of anilines is 1. The molecule has 0 unspecified atom stereocenters. The van der Waals surface area contributed by atoms with Crippen molar-refractivity contribution in [2.45, 2.75) is 17.8 Å². The molecule has 1 fully saturated rings. The van der Waals surface area contributed by atoms with Crippen LogP contribution >= 0.6 is 11.8 Å². The lowest BCUT2D eigenvalue weighted by atomic mass is 10.1. The summed E-state index contributed by atoms with van der Waals surface area (Å²) >= 11 is 1.60. The number of aromatic nitrogens is 2. The largest absolute Gasteiger partial charge is 0.383 e. The highest BCUT2D eigenvalue weighted by molar-refractivity contribution is 7.98. The first-order valence-electron chi connectivity index (χ1n) is 9.83. The second-order valence-electron chi connectivity index (χ2n) is 7.18. The molecule has 1 aromatic heterocycles. The number of thioether (sulfide) groups is 1. The summed E-state index contributed by atoms with van der Waals surface area (Å²) in [6.07, 6.45) is 0. The number of ether oxygens (including phenoxy) is 1. The summed E-state index contributed by atoms with van der Waals surface area (Å²) in [7, 11) is 3.77. The molecule has 1 amide bonds. The van der Waals surface area contributed by atoms with Crippen LogP contribution in [0.2, 0.25) is 0 Å². The fourth-order valence-corrected chi connectivity index (χ4v) is 3.95. The van der Waals surface area contributed by atoms with Crippen molar-refractivity contribution in [1.82, 2.24) is 20.2 Å². The molecular formula is C21H29N5O2S. The molecule has 0 spiro atoms. The third-order valence-electron chi connectivity index (χ3n) is 4.80. The second-order valence-corrected chi connectivity index (χ2v) is 8.12. The van der Waals surface area contributed by atoms with E-state index in [1.165, 1.54) is 0 Å². The summed E-state index contributed by atoms with van der Waals surface area (Å²) in [6.45, 7) is 7.07. The van der Waals surface area contributed by atoms with E-state index >= 15 is 0 Å². The van der Waals surface area contributed by atoms with Gasteiger partial charge in [-0.15, -0.1) is 0 Å². The van der Waals surface area contributed by atoms with Gasteiger partial charge in [0.15, 0.2) is 5.16 Å². The molecule has 8 heteroatoms. The molecule has 0 saturated carbocycles. The molecule has 0 radical (unpaired) electrons. The molecule has 1 N–H and O–H groups in total. The molecule has 0 aliphatic carbocycles. The van der Waals surface area contributed by atoms with Crippen molar-refractivity contribution in [1.29, 1.82) is 0 Å². The van der Waals surface area contributed by atoms with Crippen molar-refractivity contribution in [2.75, 3.05) is 58.4 Å². The van der Waals surface area contributed by atoms with Gasteiger partial charge in [-0.25, -0.2) is 9.97 Å². The molecule has 2 aromatic rings. The van der Waals surface area contributed by atoms with Crippen LogP contribution in [0.5, 0.6) is 0 Å². The minimum absolute atomic E-state index is 0.0851. The fraction of sp³-hybridized carbons (Fsp3) is 0.476. The van der Waals surface area contributed by atoms with E-state index in [-0.39, 0.29) is 5.91 Å². The standard InChI is InChI=1S/C21H29N5O2S/c1-16-13-19(26-10-8-25(2)9-11-26)24-21(23-16)29-15-17-5-4-6-18(14-17)20(27)22-7-12-28-3/h4-6,13-14H,7-12,15H2,1-3H3,(H,22,27). The Morgan fingerprint density at radius 3 is 2.76 bits per heavy atom. The number of likely N-dealkylation sites (N-methyl/N-ethyl adjacent to an activating group) is 1. The first-order valence-corrected chi connectivity index (χ1v) is 10.8. The minimum Gasteiger partial charge on any atom is -0.383 e. The molecule has 0 bridgehead atoms. The summed E-state index contributed by atoms with van der Waals surface area (Å²) < 4.78 is 4.97. The van der Waals surface area contributed by atoms with E-state index < -0.39 is 0 Å². The number of nitrogens with zero attached hydrogens (tertiary/aromatic N) is 4. The molecule has 29 heavy (non-hydrogen) atoms. The summed E-state index contributed by atoms with van der Waals surface area (Å²) in [5.74, 6) is 1.63. The predicted octanol–water partition coefficient (Wildman–Crippen LogP) is 2.21. The van der Waals surface area contributed by atoms with Crippen molar-refractivity contribution in [3.05, 3.63) is 47.2 Å². The molecule has 1 aromatic carbocycles. The van der Waals surface area contributed by atoms with E-state index in [0.717, 1.165) is 48.4 Å². The first kappa shape index (κ1) is 21.5. The molecule has 1 aliphatic heterocycles. The lowest BCUT2D eigenvalue weighted by Crippen LogP contribution is -2.44. The molecule has 1 saturated heterocycles. The van der Waals surface area contributed by atoms with E-state index in [2.05, 4.69) is 33.2 Å². The summed E-state index contributed by atoms with van der Waals surface area (Å²) in [5, 5.41) is 3.62. The third kappa shape index (κ3) is 6.42. The number of rotatable bonds is 8. The highest BCUT2D eigenvalue weighted by Gasteiger charge is 2.16. The lowest BCUT2D eigenvalue weighted by Gasteiger charge is -2.33. The van der Waals surface area contributed by atoms with Crippen LogP contribution in [0.15, 0.2) is 35.5 Å². The monoisotopic (exact) mass is 415 g/mol. The molecule has 0 atom stereocenters. The van der Waals surface area contributed by atoms with Crippen LogP contribution in [0.25, 0.3) is 0 Å². The maximum atomic E-state index is 12.2. The van der Waals surface area contributed by atoms with Gasteiger partial charge in [0.05, 0.1) is 6.61 Å². The van der Waals surface area contributed by atoms with Crippen molar-refractivity contribution in [3.63, 3.8) is 0 Å². The Hall–Kier alpha value is -2.16. The van der Waals surface area contributed by atoms with E-state index in [1.807, 2.05) is 31.2 Å². The number of aryl methyl sites for hydroxylation is 1. The highest BCUT2D eigenvalue weighted by atomic mass is 32.2. The molecule has 3 rings (SSSR count). The normalized spacial score (nSPS) is 14.8. The van der Waals surface area contributed by atoms with Gasteiger partial charge >= 0.3 is 0 Å². The van der Waals surface area contributed by atoms with E-state index in [0.29, 0.717) is 24.5 Å². The van der Waals surface area contributed by atoms with Crippen LogP contribution < -0.4 is 10.2 Å². The minimum atomic E-state index is -0.0851. The van der Waals surface area contributed by atoms with Gasteiger partial charge in [-0.2, -0.15) is 0 Å². The predicted molar refractivity (Wildman–Crippen MR) is 117 cm³/mol. The van der Waals surface area contributed by atoms with Gasteiger partial charge in [0.1, 0.15) is 5.82 Å². The van der Waals surface area contributed by atoms with Crippen molar-refractivity contribution >= 4 is 23.5 Å². The van der Waals surface area contributed by atoms with Crippen molar-refractivity contribution in [2.24, 2.45) is 0 Å². The van der Waals surface area contributed by atoms with Gasteiger partial charge in [-0.1, -0.05) is 23.9 Å². The van der Waals surface area contributed by atoms with E-state index in [9.17, 15) is 4.79 Å². The van der Waals surface area contributed by atoms with E-state index in [1.54, 1.807) is 18.9 Å². The quantitative estimate of drug-likeness (QED) is 0.403. The average molecular weight is 416 g/mol. The smallest absolute Gasteiger partial charge is 0.251 e. The van der Waals surface area contributed by atoms with Crippen LogP contribution in [-0.2, 0) is 10.5 Å². The lowest BCUT2D eigenvalue weighted by molar-refractivity contribution is 0.0937. The van der Waals surface area contributed by atoms with Gasteiger partial charge in [-0.3, -0.25) is 4.79 Å². The van der Waals surface area contributed by atoms with Crippen molar-refractivity contribution in [3.8, 4) is 0 Å². The molecular weight excluding hydrogens is 386 g/mol. The van der Waals surface area contributed by atoms with Crippen LogP contribution in [-0.4, -0.2) is 74.3 Å². The van der Waals surface area contributed by atoms with Crippen LogP contribution in [0.4, 0.5) is 5.82 Å². The highest BCUT2D eigenvalue weighted by Crippen LogP contribution is 2.23. The molecule has 1 aliphatic rings. The maximum Gasteiger partial charge on any atom is 0.251 e. The summed E-state index contributed by atoms with van der Waals surface area (Å²) in [6, 6.07) is 9.74. The number of methoxy groups -OCH3 is 1. The Morgan fingerprint density at radius 1 is 1.21 bits per heavy atom. The molecule has 2 heterocycles. The van der Waals surface area contributed by atoms with Crippen LogP contribution in [0.3, 0.4) is 0 Å². The second kappa shape index (κ2) is 10.6. The molecule has 156 valence electrons. The van der Waals surface area contributed by atoms with Crippen LogP contribution in [0, 0.1) is 6.92 Å². The topological polar surface area (TPSA) is 70.6 Å². The first-order chi connectivity index (χ1) is 14.0. The molecule has 7 nitrogen and oxygen atoms in total. The zero-order valence-electron chi connectivity index (χ0n) is 17.4. The number of amides is 1.